The van der Waals surface area contributed by atoms with Gasteiger partial charge < -0.3 is 9.88 Å². The van der Waals surface area contributed by atoms with Gasteiger partial charge >= 0.3 is 0 Å². The summed E-state index contributed by atoms with van der Waals surface area (Å²) in [4.78, 5) is 21.0. The molecule has 2 bridgehead atoms. The molecule has 2 aromatic carbocycles. The molecule has 0 saturated carbocycles. The van der Waals surface area contributed by atoms with Gasteiger partial charge in [-0.3, -0.25) is 9.69 Å². The number of amides is 1. The highest BCUT2D eigenvalue weighted by atomic mass is 35.5. The molecule has 6 heteroatoms. The van der Waals surface area contributed by atoms with E-state index in [0.29, 0.717) is 34.0 Å². The molecule has 1 aromatic heterocycles. The Morgan fingerprint density at radius 1 is 0.972 bits per heavy atom. The monoisotopic (exact) mass is 521 g/mol. The van der Waals surface area contributed by atoms with Crippen LogP contribution in [-0.2, 0) is 4.79 Å². The number of benzene rings is 2. The van der Waals surface area contributed by atoms with Gasteiger partial charge in [0.25, 0.3) is 0 Å². The third-order valence-electron chi connectivity index (χ3n) is 8.70. The summed E-state index contributed by atoms with van der Waals surface area (Å²) in [6, 6.07) is 15.6. The van der Waals surface area contributed by atoms with E-state index >= 15 is 0 Å². The highest BCUT2D eigenvalue weighted by Gasteiger charge is 2.42. The molecule has 188 valence electrons. The van der Waals surface area contributed by atoms with Crippen LogP contribution in [0.4, 0.5) is 0 Å². The molecular formula is C30H33Cl2N3O. The van der Waals surface area contributed by atoms with Gasteiger partial charge in [-0.05, 0) is 85.8 Å². The third kappa shape index (κ3) is 4.83. The summed E-state index contributed by atoms with van der Waals surface area (Å²) in [5.41, 5.74) is 3.66. The van der Waals surface area contributed by atoms with Gasteiger partial charge in [-0.15, -0.1) is 0 Å². The minimum Gasteiger partial charge on any atom is -0.361 e. The van der Waals surface area contributed by atoms with Gasteiger partial charge in [0.15, 0.2) is 0 Å². The summed E-state index contributed by atoms with van der Waals surface area (Å²) in [5.74, 6) is 1.43. The lowest BCUT2D eigenvalue weighted by Gasteiger charge is -2.42. The van der Waals surface area contributed by atoms with Gasteiger partial charge in [0, 0.05) is 54.9 Å². The molecule has 6 rings (SSSR count). The van der Waals surface area contributed by atoms with Crippen LogP contribution in [0.5, 0.6) is 0 Å². The number of piperidine rings is 2. The number of rotatable bonds is 5. The normalized spacial score (nSPS) is 25.3. The summed E-state index contributed by atoms with van der Waals surface area (Å²) in [7, 11) is 0. The first-order chi connectivity index (χ1) is 17.5. The minimum atomic E-state index is 0.0825. The number of para-hydroxylation sites is 1. The van der Waals surface area contributed by atoms with Gasteiger partial charge in [-0.2, -0.15) is 0 Å². The number of H-pyrrole nitrogens is 1. The average Bonchev–Trinajstić information content (AvgIpc) is 3.42. The highest BCUT2D eigenvalue weighted by molar-refractivity contribution is 6.42. The number of nitrogens with one attached hydrogen (secondary N) is 1. The molecular weight excluding hydrogens is 489 g/mol. The SMILES string of the molecule is O=C(/C=C/c1ccc(Cl)c(Cl)c1)N1CCC(CN2[C@@H]3CC[C@H]2CC(c2c[nH]c4ccccc24)C3)CC1. The maximum Gasteiger partial charge on any atom is 0.246 e. The fraction of sp³-hybridized carbons (Fsp3) is 0.433. The Labute approximate surface area is 223 Å². The zero-order valence-electron chi connectivity index (χ0n) is 20.5. The summed E-state index contributed by atoms with van der Waals surface area (Å²) < 4.78 is 0. The fourth-order valence-corrected chi connectivity index (χ4v) is 7.09. The lowest BCUT2D eigenvalue weighted by molar-refractivity contribution is -0.127. The lowest BCUT2D eigenvalue weighted by atomic mass is 9.84. The average molecular weight is 523 g/mol. The Morgan fingerprint density at radius 2 is 1.72 bits per heavy atom. The first-order valence-corrected chi connectivity index (χ1v) is 14.0. The number of aromatic amines is 1. The Balaban J connectivity index is 1.02. The van der Waals surface area contributed by atoms with Crippen molar-refractivity contribution >= 4 is 46.1 Å². The van der Waals surface area contributed by atoms with Gasteiger partial charge in [-0.1, -0.05) is 47.5 Å². The van der Waals surface area contributed by atoms with E-state index in [1.54, 1.807) is 18.2 Å². The number of hydrogen-bond donors (Lipinski definition) is 1. The third-order valence-corrected chi connectivity index (χ3v) is 9.44. The second kappa shape index (κ2) is 10.2. The molecule has 3 saturated heterocycles. The van der Waals surface area contributed by atoms with Crippen LogP contribution in [-0.4, -0.2) is 52.4 Å². The molecule has 3 atom stereocenters. The Bertz CT molecular complexity index is 1260. The number of likely N-dealkylation sites (tertiary alicyclic amines) is 1. The first kappa shape index (κ1) is 24.1. The maximum absolute atomic E-state index is 12.7. The van der Waals surface area contributed by atoms with Crippen LogP contribution >= 0.6 is 23.2 Å². The van der Waals surface area contributed by atoms with Crippen LogP contribution < -0.4 is 0 Å². The van der Waals surface area contributed by atoms with E-state index in [1.807, 2.05) is 17.0 Å². The van der Waals surface area contributed by atoms with E-state index in [1.165, 1.54) is 48.7 Å². The molecule has 4 heterocycles. The van der Waals surface area contributed by atoms with E-state index in [-0.39, 0.29) is 5.91 Å². The smallest absolute Gasteiger partial charge is 0.246 e. The van der Waals surface area contributed by atoms with Crippen molar-refractivity contribution in [1.82, 2.24) is 14.8 Å². The number of hydrogen-bond acceptors (Lipinski definition) is 2. The van der Waals surface area contributed by atoms with Crippen molar-refractivity contribution in [1.29, 1.82) is 0 Å². The zero-order chi connectivity index (χ0) is 24.6. The van der Waals surface area contributed by atoms with E-state index in [0.717, 1.165) is 31.5 Å². The van der Waals surface area contributed by atoms with Crippen LogP contribution in [0.25, 0.3) is 17.0 Å². The fourth-order valence-electron chi connectivity index (χ4n) is 6.78. The standard InChI is InChI=1S/C30H33Cl2N3O/c31-27-9-5-20(15-28(27)32)6-10-30(36)34-13-11-21(12-14-34)19-35-23-7-8-24(35)17-22(16-23)26-18-33-29-4-2-1-3-25(26)29/h1-6,9-10,15,18,21-24,33H,7-8,11-14,16-17,19H2/b10-6+/t22?,23-,24+. The van der Waals surface area contributed by atoms with E-state index in [9.17, 15) is 4.79 Å². The summed E-state index contributed by atoms with van der Waals surface area (Å²) in [5, 5.41) is 2.44. The van der Waals surface area contributed by atoms with Gasteiger partial charge in [0.05, 0.1) is 10.0 Å². The number of carbonyl (C=O) groups is 1. The molecule has 1 amide bonds. The van der Waals surface area contributed by atoms with Crippen molar-refractivity contribution in [2.45, 2.75) is 56.5 Å². The summed E-state index contributed by atoms with van der Waals surface area (Å²) in [6.07, 6.45) is 13.1. The molecule has 36 heavy (non-hydrogen) atoms. The second-order valence-electron chi connectivity index (χ2n) is 10.8. The molecule has 3 aliphatic rings. The summed E-state index contributed by atoms with van der Waals surface area (Å²) in [6.45, 7) is 2.88. The predicted molar refractivity (Wildman–Crippen MR) is 149 cm³/mol. The van der Waals surface area contributed by atoms with Crippen LogP contribution in [0.2, 0.25) is 10.0 Å². The van der Waals surface area contributed by atoms with Crippen LogP contribution in [0.1, 0.15) is 55.6 Å². The van der Waals surface area contributed by atoms with E-state index in [2.05, 4.69) is 40.3 Å². The molecule has 3 aromatic rings. The minimum absolute atomic E-state index is 0.0825. The van der Waals surface area contributed by atoms with E-state index < -0.39 is 0 Å². The van der Waals surface area contributed by atoms with E-state index in [4.69, 9.17) is 23.2 Å². The first-order valence-electron chi connectivity index (χ1n) is 13.3. The second-order valence-corrected chi connectivity index (χ2v) is 11.6. The lowest BCUT2D eigenvalue weighted by Crippen LogP contribution is -2.47. The topological polar surface area (TPSA) is 39.3 Å². The van der Waals surface area contributed by atoms with Crippen molar-refractivity contribution in [2.24, 2.45) is 5.92 Å². The largest absolute Gasteiger partial charge is 0.361 e. The Kier molecular flexibility index (Phi) is 6.85. The van der Waals surface area contributed by atoms with Gasteiger partial charge in [0.2, 0.25) is 5.91 Å². The molecule has 1 unspecified atom stereocenters. The number of aromatic nitrogens is 1. The van der Waals surface area contributed by atoms with Crippen LogP contribution in [0.3, 0.4) is 0 Å². The van der Waals surface area contributed by atoms with Gasteiger partial charge in [-0.25, -0.2) is 0 Å². The molecule has 0 spiro atoms. The van der Waals surface area contributed by atoms with Crippen molar-refractivity contribution in [2.75, 3.05) is 19.6 Å². The van der Waals surface area contributed by atoms with Crippen LogP contribution in [0, 0.1) is 5.92 Å². The molecule has 1 N–H and O–H groups in total. The van der Waals surface area contributed by atoms with Crippen LogP contribution in [0.15, 0.2) is 54.7 Å². The molecule has 4 nitrogen and oxygen atoms in total. The van der Waals surface area contributed by atoms with Gasteiger partial charge in [0.1, 0.15) is 0 Å². The van der Waals surface area contributed by atoms with Crippen molar-refractivity contribution < 1.29 is 4.79 Å². The van der Waals surface area contributed by atoms with Crippen molar-refractivity contribution in [3.8, 4) is 0 Å². The van der Waals surface area contributed by atoms with Crippen molar-refractivity contribution in [3.63, 3.8) is 0 Å². The summed E-state index contributed by atoms with van der Waals surface area (Å²) >= 11 is 12.1. The number of fused-ring (bicyclic) bond motifs is 3. The number of nitrogens with zero attached hydrogens (tertiary/aromatic N) is 2. The molecule has 3 fully saturated rings. The Morgan fingerprint density at radius 3 is 2.47 bits per heavy atom. The molecule has 3 aliphatic heterocycles. The number of carbonyl (C=O) groups excluding carboxylic acids is 1. The Hall–Kier alpha value is -2.27. The predicted octanol–water partition coefficient (Wildman–Crippen LogP) is 7.14. The molecule has 0 aliphatic carbocycles. The maximum atomic E-state index is 12.7. The highest BCUT2D eigenvalue weighted by Crippen LogP contribution is 2.45. The van der Waals surface area contributed by atoms with Crippen molar-refractivity contribution in [3.05, 3.63) is 75.9 Å². The number of halogens is 2. The zero-order valence-corrected chi connectivity index (χ0v) is 22.0. The quantitative estimate of drug-likeness (QED) is 0.362. The molecule has 0 radical (unpaired) electrons.